The van der Waals surface area contributed by atoms with Crippen molar-refractivity contribution >= 4 is 11.7 Å². The van der Waals surface area contributed by atoms with Crippen molar-refractivity contribution in [3.63, 3.8) is 0 Å². The molecule has 30 heavy (non-hydrogen) atoms. The topological polar surface area (TPSA) is 82.2 Å². The molecule has 1 N–H and O–H groups in total. The van der Waals surface area contributed by atoms with E-state index in [4.69, 9.17) is 0 Å². The van der Waals surface area contributed by atoms with Crippen molar-refractivity contribution in [3.05, 3.63) is 75.8 Å². The second-order valence-corrected chi connectivity index (χ2v) is 7.56. The fraction of sp³-hybridized carbons (Fsp3) is 0.304. The van der Waals surface area contributed by atoms with Crippen LogP contribution in [0.15, 0.2) is 53.5 Å². The Morgan fingerprint density at radius 2 is 1.77 bits per heavy atom. The van der Waals surface area contributed by atoms with Gasteiger partial charge in [0.15, 0.2) is 0 Å². The van der Waals surface area contributed by atoms with Gasteiger partial charge in [-0.15, -0.1) is 0 Å². The molecule has 7 heteroatoms. The van der Waals surface area contributed by atoms with Crippen molar-refractivity contribution in [1.29, 1.82) is 0 Å². The molecule has 7 nitrogen and oxygen atoms in total. The molecule has 0 spiro atoms. The fourth-order valence-corrected chi connectivity index (χ4v) is 3.56. The van der Waals surface area contributed by atoms with E-state index in [0.717, 1.165) is 30.0 Å². The van der Waals surface area contributed by atoms with Gasteiger partial charge in [0.25, 0.3) is 5.56 Å². The highest BCUT2D eigenvalue weighted by atomic mass is 16.2. The van der Waals surface area contributed by atoms with Gasteiger partial charge in [0, 0.05) is 49.2 Å². The highest BCUT2D eigenvalue weighted by Gasteiger charge is 2.22. The molecule has 1 aliphatic rings. The Morgan fingerprint density at radius 1 is 1.03 bits per heavy atom. The maximum atomic E-state index is 12.5. The minimum Gasteiger partial charge on any atom is -0.353 e. The van der Waals surface area contributed by atoms with Gasteiger partial charge >= 0.3 is 0 Å². The van der Waals surface area contributed by atoms with E-state index in [1.54, 1.807) is 13.1 Å². The number of rotatable bonds is 4. The molecule has 1 amide bonds. The third kappa shape index (κ3) is 4.25. The lowest BCUT2D eigenvalue weighted by molar-refractivity contribution is -0.130. The van der Waals surface area contributed by atoms with Crippen LogP contribution in [0, 0.1) is 13.8 Å². The lowest BCUT2D eigenvalue weighted by Gasteiger charge is -2.35. The Bertz CT molecular complexity index is 1080. The van der Waals surface area contributed by atoms with E-state index < -0.39 is 0 Å². The van der Waals surface area contributed by atoms with E-state index in [9.17, 15) is 9.59 Å². The summed E-state index contributed by atoms with van der Waals surface area (Å²) in [5.41, 5.74) is 3.03. The number of aromatic amines is 1. The average molecular weight is 403 g/mol. The van der Waals surface area contributed by atoms with Crippen molar-refractivity contribution < 1.29 is 4.79 Å². The molecular formula is C23H25N5O2. The largest absolute Gasteiger partial charge is 0.353 e. The number of piperazine rings is 1. The first kappa shape index (κ1) is 19.8. The van der Waals surface area contributed by atoms with Gasteiger partial charge in [-0.2, -0.15) is 0 Å². The first-order valence-electron chi connectivity index (χ1n) is 10.1. The lowest BCUT2D eigenvalue weighted by Crippen LogP contribution is -2.49. The molecule has 4 rings (SSSR count). The number of aromatic nitrogens is 3. The van der Waals surface area contributed by atoms with Crippen molar-refractivity contribution in [2.45, 2.75) is 20.3 Å². The van der Waals surface area contributed by atoms with Crippen LogP contribution in [0.3, 0.4) is 0 Å². The SMILES string of the molecule is Cc1nc(-c2ccc(N3CCN(C(=O)Cc4ccccc4)CC3)nc2)[nH]c(=O)c1C. The maximum absolute atomic E-state index is 12.5. The molecule has 1 fully saturated rings. The van der Waals surface area contributed by atoms with E-state index in [1.165, 1.54) is 0 Å². The molecule has 1 aromatic carbocycles. The van der Waals surface area contributed by atoms with Crippen LogP contribution >= 0.6 is 0 Å². The molecule has 0 unspecified atom stereocenters. The van der Waals surface area contributed by atoms with Crippen LogP contribution in [0.4, 0.5) is 5.82 Å². The zero-order valence-corrected chi connectivity index (χ0v) is 17.3. The van der Waals surface area contributed by atoms with Crippen molar-refractivity contribution in [1.82, 2.24) is 19.9 Å². The second-order valence-electron chi connectivity index (χ2n) is 7.56. The van der Waals surface area contributed by atoms with E-state index >= 15 is 0 Å². The predicted molar refractivity (Wildman–Crippen MR) is 117 cm³/mol. The number of aryl methyl sites for hydroxylation is 1. The van der Waals surface area contributed by atoms with Gasteiger partial charge in [-0.25, -0.2) is 9.97 Å². The molecule has 0 bridgehead atoms. The van der Waals surface area contributed by atoms with Crippen LogP contribution in [0.5, 0.6) is 0 Å². The Morgan fingerprint density at radius 3 is 2.40 bits per heavy atom. The summed E-state index contributed by atoms with van der Waals surface area (Å²) in [6, 6.07) is 13.7. The number of carbonyl (C=O) groups excluding carboxylic acids is 1. The normalized spacial score (nSPS) is 14.1. The molecule has 1 saturated heterocycles. The standard InChI is InChI=1S/C23H25N5O2/c1-16-17(2)25-22(26-23(16)30)19-8-9-20(24-15-19)27-10-12-28(13-11-27)21(29)14-18-6-4-3-5-7-18/h3-9,15H,10-14H2,1-2H3,(H,25,26,30). The summed E-state index contributed by atoms with van der Waals surface area (Å²) in [5, 5.41) is 0. The molecular weight excluding hydrogens is 378 g/mol. The number of nitrogens with one attached hydrogen (secondary N) is 1. The Balaban J connectivity index is 1.38. The third-order valence-corrected chi connectivity index (χ3v) is 5.57. The predicted octanol–water partition coefficient (Wildman–Crippen LogP) is 2.34. The number of nitrogens with zero attached hydrogens (tertiary/aromatic N) is 4. The molecule has 0 saturated carbocycles. The zero-order valence-electron chi connectivity index (χ0n) is 17.3. The number of H-pyrrole nitrogens is 1. The maximum Gasteiger partial charge on any atom is 0.254 e. The molecule has 154 valence electrons. The van der Waals surface area contributed by atoms with Crippen molar-refractivity contribution in [3.8, 4) is 11.4 Å². The number of pyridine rings is 1. The fourth-order valence-electron chi connectivity index (χ4n) is 3.56. The minimum absolute atomic E-state index is 0.127. The van der Waals surface area contributed by atoms with Crippen LogP contribution in [0.25, 0.3) is 11.4 Å². The summed E-state index contributed by atoms with van der Waals surface area (Å²) in [6.45, 7) is 6.43. The van der Waals surface area contributed by atoms with E-state index in [2.05, 4.69) is 19.9 Å². The Hall–Kier alpha value is -3.48. The van der Waals surface area contributed by atoms with E-state index in [0.29, 0.717) is 36.6 Å². The van der Waals surface area contributed by atoms with Gasteiger partial charge in [0.05, 0.1) is 6.42 Å². The van der Waals surface area contributed by atoms with Crippen LogP contribution in [0.1, 0.15) is 16.8 Å². The highest BCUT2D eigenvalue weighted by molar-refractivity contribution is 5.79. The molecule has 3 heterocycles. The quantitative estimate of drug-likeness (QED) is 0.723. The average Bonchev–Trinajstić information content (AvgIpc) is 2.78. The lowest BCUT2D eigenvalue weighted by atomic mass is 10.1. The molecule has 1 aliphatic heterocycles. The molecule has 0 radical (unpaired) electrons. The number of amides is 1. The van der Waals surface area contributed by atoms with Gasteiger partial charge in [-0.05, 0) is 31.5 Å². The van der Waals surface area contributed by atoms with E-state index in [-0.39, 0.29) is 11.5 Å². The Labute approximate surface area is 175 Å². The van der Waals surface area contributed by atoms with Gasteiger partial charge in [-0.3, -0.25) is 9.59 Å². The summed E-state index contributed by atoms with van der Waals surface area (Å²) in [6.07, 6.45) is 2.17. The first-order chi connectivity index (χ1) is 14.5. The second kappa shape index (κ2) is 8.49. The van der Waals surface area contributed by atoms with Crippen molar-refractivity contribution in [2.75, 3.05) is 31.1 Å². The van der Waals surface area contributed by atoms with Gasteiger partial charge in [-0.1, -0.05) is 30.3 Å². The van der Waals surface area contributed by atoms with Crippen LogP contribution < -0.4 is 10.5 Å². The minimum atomic E-state index is -0.127. The van der Waals surface area contributed by atoms with Gasteiger partial charge < -0.3 is 14.8 Å². The summed E-state index contributed by atoms with van der Waals surface area (Å²) >= 11 is 0. The zero-order chi connectivity index (χ0) is 21.1. The smallest absolute Gasteiger partial charge is 0.254 e. The number of carbonyl (C=O) groups is 1. The van der Waals surface area contributed by atoms with Crippen LogP contribution in [-0.4, -0.2) is 51.9 Å². The molecule has 0 aliphatic carbocycles. The van der Waals surface area contributed by atoms with Gasteiger partial charge in [0.1, 0.15) is 11.6 Å². The molecule has 2 aromatic heterocycles. The highest BCUT2D eigenvalue weighted by Crippen LogP contribution is 2.19. The van der Waals surface area contributed by atoms with Crippen LogP contribution in [0.2, 0.25) is 0 Å². The molecule has 3 aromatic rings. The number of hydrogen-bond donors (Lipinski definition) is 1. The van der Waals surface area contributed by atoms with E-state index in [1.807, 2.05) is 54.3 Å². The summed E-state index contributed by atoms with van der Waals surface area (Å²) in [7, 11) is 0. The molecule has 0 atom stereocenters. The van der Waals surface area contributed by atoms with Gasteiger partial charge in [0.2, 0.25) is 5.91 Å². The monoisotopic (exact) mass is 403 g/mol. The first-order valence-corrected chi connectivity index (χ1v) is 10.1. The number of hydrogen-bond acceptors (Lipinski definition) is 5. The third-order valence-electron chi connectivity index (χ3n) is 5.57. The van der Waals surface area contributed by atoms with Crippen LogP contribution in [-0.2, 0) is 11.2 Å². The van der Waals surface area contributed by atoms with Crippen molar-refractivity contribution in [2.24, 2.45) is 0 Å². The summed E-state index contributed by atoms with van der Waals surface area (Å²) in [4.78, 5) is 40.5. The number of benzene rings is 1. The number of anilines is 1. The Kier molecular flexibility index (Phi) is 5.61. The summed E-state index contributed by atoms with van der Waals surface area (Å²) < 4.78 is 0. The summed E-state index contributed by atoms with van der Waals surface area (Å²) in [5.74, 6) is 1.55.